The van der Waals surface area contributed by atoms with E-state index in [9.17, 15) is 5.11 Å². The Hall–Kier alpha value is -0.200. The number of methoxy groups -OCH3 is 1. The van der Waals surface area contributed by atoms with Gasteiger partial charge in [-0.2, -0.15) is 0 Å². The molecule has 0 amide bonds. The Morgan fingerprint density at radius 1 is 1.19 bits per heavy atom. The van der Waals surface area contributed by atoms with E-state index in [1.165, 1.54) is 0 Å². The fourth-order valence-electron chi connectivity index (χ4n) is 1.06. The first-order valence-electron chi connectivity index (χ1n) is 5.74. The van der Waals surface area contributed by atoms with E-state index in [4.69, 9.17) is 14.2 Å². The van der Waals surface area contributed by atoms with Crippen LogP contribution in [0.25, 0.3) is 0 Å². The first-order valence-corrected chi connectivity index (χ1v) is 5.74. The van der Waals surface area contributed by atoms with Crippen LogP contribution in [0.15, 0.2) is 0 Å². The second-order valence-electron chi connectivity index (χ2n) is 3.85. The minimum atomic E-state index is -0.476. The van der Waals surface area contributed by atoms with Crippen molar-refractivity contribution < 1.29 is 19.3 Å². The SMILES string of the molecule is COCCNCC(O)COCCOC(C)C. The lowest BCUT2D eigenvalue weighted by Crippen LogP contribution is -2.32. The summed E-state index contributed by atoms with van der Waals surface area (Å²) in [6, 6.07) is 0. The molecule has 98 valence electrons. The molecule has 0 spiro atoms. The first kappa shape index (κ1) is 15.8. The van der Waals surface area contributed by atoms with E-state index in [1.807, 2.05) is 13.8 Å². The summed E-state index contributed by atoms with van der Waals surface area (Å²) in [5.41, 5.74) is 0. The Bertz CT molecular complexity index is 144. The Balaban J connectivity index is 3.14. The number of aliphatic hydroxyl groups excluding tert-OH is 1. The van der Waals surface area contributed by atoms with Gasteiger partial charge in [-0.05, 0) is 13.8 Å². The van der Waals surface area contributed by atoms with Crippen molar-refractivity contribution in [1.82, 2.24) is 5.32 Å². The molecule has 0 aliphatic rings. The van der Waals surface area contributed by atoms with Gasteiger partial charge in [0.05, 0.1) is 38.6 Å². The molecular formula is C11H25NO4. The number of hydrogen-bond acceptors (Lipinski definition) is 5. The topological polar surface area (TPSA) is 60.0 Å². The molecule has 2 N–H and O–H groups in total. The monoisotopic (exact) mass is 235 g/mol. The molecule has 0 saturated heterocycles. The molecule has 0 radical (unpaired) electrons. The smallest absolute Gasteiger partial charge is 0.0897 e. The van der Waals surface area contributed by atoms with E-state index in [0.717, 1.165) is 6.54 Å². The average Bonchev–Trinajstić information content (AvgIpc) is 2.23. The third-order valence-electron chi connectivity index (χ3n) is 1.85. The highest BCUT2D eigenvalue weighted by Gasteiger charge is 2.03. The molecule has 5 heteroatoms. The zero-order valence-electron chi connectivity index (χ0n) is 10.6. The molecule has 0 heterocycles. The van der Waals surface area contributed by atoms with Crippen LogP contribution in [-0.2, 0) is 14.2 Å². The molecule has 5 nitrogen and oxygen atoms in total. The Kier molecular flexibility index (Phi) is 11.1. The molecule has 0 aliphatic heterocycles. The summed E-state index contributed by atoms with van der Waals surface area (Å²) < 4.78 is 15.4. The van der Waals surface area contributed by atoms with Crippen LogP contribution in [0, 0.1) is 0 Å². The van der Waals surface area contributed by atoms with Crippen LogP contribution in [0.4, 0.5) is 0 Å². The van der Waals surface area contributed by atoms with Gasteiger partial charge in [0, 0.05) is 20.2 Å². The van der Waals surface area contributed by atoms with Crippen LogP contribution in [-0.4, -0.2) is 63.9 Å². The van der Waals surface area contributed by atoms with Crippen LogP contribution in [0.3, 0.4) is 0 Å². The van der Waals surface area contributed by atoms with Crippen molar-refractivity contribution in [2.24, 2.45) is 0 Å². The molecule has 0 aliphatic carbocycles. The normalized spacial score (nSPS) is 13.3. The van der Waals surface area contributed by atoms with Crippen molar-refractivity contribution in [3.8, 4) is 0 Å². The highest BCUT2D eigenvalue weighted by atomic mass is 16.5. The Morgan fingerprint density at radius 3 is 2.56 bits per heavy atom. The van der Waals surface area contributed by atoms with Crippen LogP contribution < -0.4 is 5.32 Å². The molecule has 0 aromatic rings. The number of aliphatic hydroxyl groups is 1. The van der Waals surface area contributed by atoms with Crippen LogP contribution in [0.5, 0.6) is 0 Å². The lowest BCUT2D eigenvalue weighted by molar-refractivity contribution is -0.0101. The third kappa shape index (κ3) is 11.9. The van der Waals surface area contributed by atoms with Gasteiger partial charge in [-0.3, -0.25) is 0 Å². The summed E-state index contributed by atoms with van der Waals surface area (Å²) in [7, 11) is 1.65. The van der Waals surface area contributed by atoms with E-state index in [2.05, 4.69) is 5.32 Å². The number of hydrogen-bond donors (Lipinski definition) is 2. The average molecular weight is 235 g/mol. The summed E-state index contributed by atoms with van der Waals surface area (Å²) in [5, 5.41) is 12.5. The maximum absolute atomic E-state index is 9.49. The van der Waals surface area contributed by atoms with Crippen LogP contribution in [0.1, 0.15) is 13.8 Å². The van der Waals surface area contributed by atoms with Gasteiger partial charge >= 0.3 is 0 Å². The second-order valence-corrected chi connectivity index (χ2v) is 3.85. The standard InChI is InChI=1S/C11H25NO4/c1-10(2)16-7-6-15-9-11(13)8-12-4-5-14-3/h10-13H,4-9H2,1-3H3. The highest BCUT2D eigenvalue weighted by Crippen LogP contribution is 1.89. The molecule has 0 bridgehead atoms. The van der Waals surface area contributed by atoms with E-state index in [0.29, 0.717) is 33.0 Å². The minimum absolute atomic E-state index is 0.226. The van der Waals surface area contributed by atoms with Gasteiger partial charge in [0.15, 0.2) is 0 Å². The van der Waals surface area contributed by atoms with Gasteiger partial charge < -0.3 is 24.6 Å². The van der Waals surface area contributed by atoms with Gasteiger partial charge in [0.2, 0.25) is 0 Å². The first-order chi connectivity index (χ1) is 7.66. The van der Waals surface area contributed by atoms with Crippen molar-refractivity contribution in [3.05, 3.63) is 0 Å². The molecular weight excluding hydrogens is 210 g/mol. The van der Waals surface area contributed by atoms with Gasteiger partial charge in [-0.1, -0.05) is 0 Å². The van der Waals surface area contributed by atoms with Gasteiger partial charge in [-0.15, -0.1) is 0 Å². The quantitative estimate of drug-likeness (QED) is 0.495. The molecule has 16 heavy (non-hydrogen) atoms. The third-order valence-corrected chi connectivity index (χ3v) is 1.85. The summed E-state index contributed by atoms with van der Waals surface area (Å²) in [4.78, 5) is 0. The molecule has 0 fully saturated rings. The van der Waals surface area contributed by atoms with E-state index in [-0.39, 0.29) is 6.10 Å². The molecule has 0 aromatic heterocycles. The Labute approximate surface area is 98.1 Å². The maximum atomic E-state index is 9.49. The van der Waals surface area contributed by atoms with Crippen molar-refractivity contribution in [1.29, 1.82) is 0 Å². The minimum Gasteiger partial charge on any atom is -0.389 e. The van der Waals surface area contributed by atoms with E-state index >= 15 is 0 Å². The van der Waals surface area contributed by atoms with Gasteiger partial charge in [0.25, 0.3) is 0 Å². The van der Waals surface area contributed by atoms with Crippen LogP contribution in [0.2, 0.25) is 0 Å². The Morgan fingerprint density at radius 2 is 1.94 bits per heavy atom. The predicted octanol–water partition coefficient (Wildman–Crippen LogP) is 0.0249. The fourth-order valence-corrected chi connectivity index (χ4v) is 1.06. The summed E-state index contributed by atoms with van der Waals surface area (Å²) in [5.74, 6) is 0. The maximum Gasteiger partial charge on any atom is 0.0897 e. The fraction of sp³-hybridized carbons (Fsp3) is 1.00. The number of rotatable bonds is 11. The predicted molar refractivity (Wildman–Crippen MR) is 62.7 cm³/mol. The zero-order valence-corrected chi connectivity index (χ0v) is 10.6. The molecule has 1 atom stereocenters. The van der Waals surface area contributed by atoms with E-state index < -0.39 is 6.10 Å². The molecule has 0 aromatic carbocycles. The van der Waals surface area contributed by atoms with Crippen molar-refractivity contribution in [2.75, 3.05) is 46.6 Å². The van der Waals surface area contributed by atoms with Crippen molar-refractivity contribution in [2.45, 2.75) is 26.1 Å². The van der Waals surface area contributed by atoms with Gasteiger partial charge in [-0.25, -0.2) is 0 Å². The molecule has 0 saturated carbocycles. The summed E-state index contributed by atoms with van der Waals surface area (Å²) >= 11 is 0. The van der Waals surface area contributed by atoms with Crippen LogP contribution >= 0.6 is 0 Å². The largest absolute Gasteiger partial charge is 0.389 e. The van der Waals surface area contributed by atoms with Crippen molar-refractivity contribution >= 4 is 0 Å². The molecule has 0 rings (SSSR count). The number of ether oxygens (including phenoxy) is 3. The summed E-state index contributed by atoms with van der Waals surface area (Å²) in [6.07, 6.45) is -0.250. The number of nitrogens with one attached hydrogen (secondary N) is 1. The second kappa shape index (κ2) is 11.3. The highest BCUT2D eigenvalue weighted by molar-refractivity contribution is 4.57. The zero-order chi connectivity index (χ0) is 12.2. The lowest BCUT2D eigenvalue weighted by atomic mass is 10.4. The van der Waals surface area contributed by atoms with Gasteiger partial charge in [0.1, 0.15) is 0 Å². The molecule has 1 unspecified atom stereocenters. The van der Waals surface area contributed by atoms with E-state index in [1.54, 1.807) is 7.11 Å². The van der Waals surface area contributed by atoms with Crippen molar-refractivity contribution in [3.63, 3.8) is 0 Å². The summed E-state index contributed by atoms with van der Waals surface area (Å²) in [6.45, 7) is 7.30. The lowest BCUT2D eigenvalue weighted by Gasteiger charge is -2.13.